The van der Waals surface area contributed by atoms with Gasteiger partial charge in [-0.15, -0.1) is 0 Å². The SMILES string of the molecule is CCCc1ccc(NC(=O)c2ccnc(NCc3ccc(=O)[nH]c3)c2)cc1C(F)(F)F. The number of halogens is 3. The zero-order chi connectivity index (χ0) is 22.4. The van der Waals surface area contributed by atoms with Crippen LogP contribution in [-0.4, -0.2) is 15.9 Å². The summed E-state index contributed by atoms with van der Waals surface area (Å²) in [6, 6.07) is 9.84. The Balaban J connectivity index is 1.72. The van der Waals surface area contributed by atoms with Crippen molar-refractivity contribution in [1.29, 1.82) is 0 Å². The van der Waals surface area contributed by atoms with Gasteiger partial charge in [-0.2, -0.15) is 13.2 Å². The van der Waals surface area contributed by atoms with Crippen LogP contribution in [0.2, 0.25) is 0 Å². The molecule has 31 heavy (non-hydrogen) atoms. The number of amides is 1. The van der Waals surface area contributed by atoms with Crippen LogP contribution in [0.15, 0.2) is 59.7 Å². The molecule has 3 N–H and O–H groups in total. The van der Waals surface area contributed by atoms with Gasteiger partial charge in [0.1, 0.15) is 5.82 Å². The fourth-order valence-electron chi connectivity index (χ4n) is 3.02. The second-order valence-electron chi connectivity index (χ2n) is 6.92. The first-order valence-corrected chi connectivity index (χ1v) is 9.65. The van der Waals surface area contributed by atoms with Crippen molar-refractivity contribution in [3.05, 3.63) is 87.5 Å². The van der Waals surface area contributed by atoms with E-state index in [1.807, 2.05) is 6.92 Å². The van der Waals surface area contributed by atoms with Gasteiger partial charge < -0.3 is 15.6 Å². The van der Waals surface area contributed by atoms with Crippen LogP contribution in [0.1, 0.15) is 40.4 Å². The van der Waals surface area contributed by atoms with Crippen LogP contribution < -0.4 is 16.2 Å². The highest BCUT2D eigenvalue weighted by atomic mass is 19.4. The number of hydrogen-bond donors (Lipinski definition) is 3. The number of hydrogen-bond acceptors (Lipinski definition) is 4. The highest BCUT2D eigenvalue weighted by Gasteiger charge is 2.33. The van der Waals surface area contributed by atoms with Crippen LogP contribution in [0, 0.1) is 0 Å². The Hall–Kier alpha value is -3.62. The van der Waals surface area contributed by atoms with Crippen LogP contribution in [0.3, 0.4) is 0 Å². The third kappa shape index (κ3) is 5.94. The van der Waals surface area contributed by atoms with Crippen LogP contribution in [-0.2, 0) is 19.1 Å². The summed E-state index contributed by atoms with van der Waals surface area (Å²) < 4.78 is 40.1. The molecule has 9 heteroatoms. The van der Waals surface area contributed by atoms with E-state index in [0.29, 0.717) is 25.2 Å². The summed E-state index contributed by atoms with van der Waals surface area (Å²) >= 11 is 0. The largest absolute Gasteiger partial charge is 0.416 e. The minimum Gasteiger partial charge on any atom is -0.366 e. The van der Waals surface area contributed by atoms with Crippen molar-refractivity contribution >= 4 is 17.4 Å². The Morgan fingerprint density at radius 2 is 1.94 bits per heavy atom. The predicted octanol–water partition coefficient (Wildman–Crippen LogP) is 4.61. The van der Waals surface area contributed by atoms with Gasteiger partial charge in [-0.1, -0.05) is 25.5 Å². The number of anilines is 2. The number of nitrogens with zero attached hydrogens (tertiary/aromatic N) is 1. The van der Waals surface area contributed by atoms with Crippen LogP contribution >= 0.6 is 0 Å². The highest BCUT2D eigenvalue weighted by Crippen LogP contribution is 2.34. The first-order chi connectivity index (χ1) is 14.8. The van der Waals surface area contributed by atoms with Crippen molar-refractivity contribution in [2.24, 2.45) is 0 Å². The van der Waals surface area contributed by atoms with E-state index in [4.69, 9.17) is 0 Å². The summed E-state index contributed by atoms with van der Waals surface area (Å²) in [6.45, 7) is 2.17. The van der Waals surface area contributed by atoms with E-state index in [1.165, 1.54) is 36.5 Å². The van der Waals surface area contributed by atoms with Gasteiger partial charge in [0.05, 0.1) is 5.56 Å². The van der Waals surface area contributed by atoms with Gasteiger partial charge in [0.2, 0.25) is 5.56 Å². The van der Waals surface area contributed by atoms with Crippen molar-refractivity contribution < 1.29 is 18.0 Å². The number of rotatable bonds is 7. The fourth-order valence-corrected chi connectivity index (χ4v) is 3.02. The molecule has 162 valence electrons. The first kappa shape index (κ1) is 22.1. The average Bonchev–Trinajstić information content (AvgIpc) is 2.74. The maximum absolute atomic E-state index is 13.4. The topological polar surface area (TPSA) is 86.9 Å². The van der Waals surface area contributed by atoms with E-state index < -0.39 is 17.6 Å². The molecule has 0 aliphatic carbocycles. The highest BCUT2D eigenvalue weighted by molar-refractivity contribution is 6.04. The maximum atomic E-state index is 13.4. The number of pyridine rings is 2. The summed E-state index contributed by atoms with van der Waals surface area (Å²) in [5, 5.41) is 5.54. The second kappa shape index (κ2) is 9.46. The molecule has 0 saturated heterocycles. The van der Waals surface area contributed by atoms with Crippen molar-refractivity contribution in [2.75, 3.05) is 10.6 Å². The lowest BCUT2D eigenvalue weighted by atomic mass is 10.0. The summed E-state index contributed by atoms with van der Waals surface area (Å²) in [5.74, 6) is -0.140. The summed E-state index contributed by atoms with van der Waals surface area (Å²) in [6.07, 6.45) is -0.624. The van der Waals surface area contributed by atoms with Gasteiger partial charge in [0.15, 0.2) is 0 Å². The van der Waals surface area contributed by atoms with Crippen molar-refractivity contribution in [3.8, 4) is 0 Å². The Morgan fingerprint density at radius 1 is 1.13 bits per heavy atom. The van der Waals surface area contributed by atoms with Gasteiger partial charge >= 0.3 is 6.18 Å². The van der Waals surface area contributed by atoms with Crippen LogP contribution in [0.25, 0.3) is 0 Å². The standard InChI is InChI=1S/C22H21F3N4O2/c1-2-3-15-5-6-17(11-18(15)22(23,24)25)29-21(31)16-8-9-26-19(10-16)27-12-14-4-7-20(30)28-13-14/h4-11,13H,2-3,12H2,1H3,(H,26,27)(H,28,30)(H,29,31). The quantitative estimate of drug-likeness (QED) is 0.511. The van der Waals surface area contributed by atoms with Crippen molar-refractivity contribution in [3.63, 3.8) is 0 Å². The molecule has 0 saturated carbocycles. The van der Waals surface area contributed by atoms with Gasteiger partial charge in [0, 0.05) is 36.3 Å². The number of H-pyrrole nitrogens is 1. The van der Waals surface area contributed by atoms with E-state index in [0.717, 1.165) is 11.6 Å². The summed E-state index contributed by atoms with van der Waals surface area (Å²) in [4.78, 5) is 30.3. The molecular weight excluding hydrogens is 409 g/mol. The zero-order valence-electron chi connectivity index (χ0n) is 16.7. The molecule has 2 heterocycles. The molecule has 0 unspecified atom stereocenters. The van der Waals surface area contributed by atoms with Gasteiger partial charge in [-0.05, 0) is 41.8 Å². The van der Waals surface area contributed by atoms with Crippen molar-refractivity contribution in [1.82, 2.24) is 9.97 Å². The number of benzene rings is 1. The third-order valence-electron chi connectivity index (χ3n) is 4.54. The number of aromatic amines is 1. The lowest BCUT2D eigenvalue weighted by Gasteiger charge is -2.15. The van der Waals surface area contributed by atoms with E-state index >= 15 is 0 Å². The van der Waals surface area contributed by atoms with Crippen molar-refractivity contribution in [2.45, 2.75) is 32.5 Å². The number of alkyl halides is 3. The molecule has 0 spiro atoms. The normalized spacial score (nSPS) is 11.2. The molecule has 0 bridgehead atoms. The van der Waals surface area contributed by atoms with E-state index in [9.17, 15) is 22.8 Å². The molecule has 1 amide bonds. The fraction of sp³-hybridized carbons (Fsp3) is 0.227. The van der Waals surface area contributed by atoms with Gasteiger partial charge in [-0.25, -0.2) is 4.98 Å². The number of carbonyl (C=O) groups is 1. The summed E-state index contributed by atoms with van der Waals surface area (Å²) in [5.41, 5.74) is 0.359. The number of aromatic nitrogens is 2. The smallest absolute Gasteiger partial charge is 0.366 e. The monoisotopic (exact) mass is 430 g/mol. The lowest BCUT2D eigenvalue weighted by molar-refractivity contribution is -0.138. The number of aryl methyl sites for hydroxylation is 1. The molecule has 0 radical (unpaired) electrons. The molecule has 2 aromatic heterocycles. The molecule has 6 nitrogen and oxygen atoms in total. The minimum atomic E-state index is -4.50. The number of carbonyl (C=O) groups excluding carboxylic acids is 1. The third-order valence-corrected chi connectivity index (χ3v) is 4.54. The zero-order valence-corrected chi connectivity index (χ0v) is 16.7. The minimum absolute atomic E-state index is 0.0664. The second-order valence-corrected chi connectivity index (χ2v) is 6.92. The Bertz CT molecular complexity index is 1110. The Kier molecular flexibility index (Phi) is 6.74. The molecule has 0 aliphatic rings. The number of nitrogens with one attached hydrogen (secondary N) is 3. The lowest BCUT2D eigenvalue weighted by Crippen LogP contribution is -2.15. The van der Waals surface area contributed by atoms with Gasteiger partial charge in [0.25, 0.3) is 5.91 Å². The van der Waals surface area contributed by atoms with E-state index in [-0.39, 0.29) is 22.4 Å². The first-order valence-electron chi connectivity index (χ1n) is 9.65. The molecule has 3 aromatic rings. The summed E-state index contributed by atoms with van der Waals surface area (Å²) in [7, 11) is 0. The van der Waals surface area contributed by atoms with Crippen LogP contribution in [0.4, 0.5) is 24.7 Å². The predicted molar refractivity (Wildman–Crippen MR) is 112 cm³/mol. The molecule has 1 aromatic carbocycles. The maximum Gasteiger partial charge on any atom is 0.416 e. The molecule has 3 rings (SSSR count). The molecule has 0 atom stereocenters. The molecule has 0 aliphatic heterocycles. The van der Waals surface area contributed by atoms with E-state index in [2.05, 4.69) is 20.6 Å². The molecular formula is C22H21F3N4O2. The van der Waals surface area contributed by atoms with Gasteiger partial charge in [-0.3, -0.25) is 9.59 Å². The van der Waals surface area contributed by atoms with Crippen LogP contribution in [0.5, 0.6) is 0 Å². The Morgan fingerprint density at radius 3 is 2.61 bits per heavy atom. The molecule has 0 fully saturated rings. The van der Waals surface area contributed by atoms with E-state index in [1.54, 1.807) is 12.3 Å². The Labute approximate surface area is 176 Å². The average molecular weight is 430 g/mol.